The number of carboxylic acid groups (broad SMARTS) is 1. The number of hydrogen-bond donors (Lipinski definition) is 4. The number of carbonyl (C=O) groups is 1. The van der Waals surface area contributed by atoms with Crippen LogP contribution in [-0.4, -0.2) is 38.8 Å². The van der Waals surface area contributed by atoms with E-state index in [2.05, 4.69) is 9.97 Å². The van der Waals surface area contributed by atoms with Crippen LogP contribution in [0.2, 0.25) is 0 Å². The van der Waals surface area contributed by atoms with Gasteiger partial charge in [0.15, 0.2) is 0 Å². The number of aliphatic hydroxyl groups excluding tert-OH is 1. The first-order chi connectivity index (χ1) is 6.61. The molecule has 5 N–H and O–H groups in total. The third kappa shape index (κ3) is 5.28. The van der Waals surface area contributed by atoms with Crippen molar-refractivity contribution in [2.45, 2.75) is 19.4 Å². The van der Waals surface area contributed by atoms with Crippen molar-refractivity contribution in [2.75, 3.05) is 6.61 Å². The zero-order valence-corrected chi connectivity index (χ0v) is 7.97. The van der Waals surface area contributed by atoms with Gasteiger partial charge in [0.05, 0.1) is 12.0 Å². The molecule has 14 heavy (non-hydrogen) atoms. The molecule has 6 heteroatoms. The number of aromatic amines is 1. The topological polar surface area (TPSA) is 112 Å². The second-order valence-corrected chi connectivity index (χ2v) is 2.53. The molecule has 0 aliphatic carbocycles. The molecule has 0 bridgehead atoms. The molecular formula is C8H15N3O3. The highest BCUT2D eigenvalue weighted by molar-refractivity contribution is 5.73. The molecule has 0 fully saturated rings. The molecule has 1 rings (SSSR count). The summed E-state index contributed by atoms with van der Waals surface area (Å²) in [5.41, 5.74) is 5.92. The predicted octanol–water partition coefficient (Wildman–Crippen LogP) is -0.637. The molecule has 1 heterocycles. The average Bonchev–Trinajstić information content (AvgIpc) is 2.58. The lowest BCUT2D eigenvalue weighted by molar-refractivity contribution is -0.138. The predicted molar refractivity (Wildman–Crippen MR) is 50.7 cm³/mol. The lowest BCUT2D eigenvalue weighted by Crippen LogP contribution is -2.32. The van der Waals surface area contributed by atoms with E-state index in [1.807, 2.05) is 0 Å². The Hall–Kier alpha value is -1.40. The summed E-state index contributed by atoms with van der Waals surface area (Å²) in [6.07, 6.45) is 3.38. The first kappa shape index (κ1) is 12.6. The average molecular weight is 201 g/mol. The molecule has 0 saturated carbocycles. The van der Waals surface area contributed by atoms with Crippen molar-refractivity contribution >= 4 is 5.97 Å². The third-order valence-corrected chi connectivity index (χ3v) is 1.30. The van der Waals surface area contributed by atoms with Crippen molar-refractivity contribution in [3.63, 3.8) is 0 Å². The van der Waals surface area contributed by atoms with Gasteiger partial charge >= 0.3 is 5.97 Å². The SMILES string of the molecule is CCO.NC(Cc1c[nH]cn1)C(=O)O. The highest BCUT2D eigenvalue weighted by atomic mass is 16.4. The Balaban J connectivity index is 0.000000500. The number of aliphatic carboxylic acids is 1. The number of imidazole rings is 1. The summed E-state index contributed by atoms with van der Waals surface area (Å²) < 4.78 is 0. The number of aromatic nitrogens is 2. The van der Waals surface area contributed by atoms with Crippen LogP contribution in [-0.2, 0) is 11.2 Å². The van der Waals surface area contributed by atoms with E-state index in [-0.39, 0.29) is 13.0 Å². The molecular weight excluding hydrogens is 186 g/mol. The lowest BCUT2D eigenvalue weighted by Gasteiger charge is -2.01. The fraction of sp³-hybridized carbons (Fsp3) is 0.500. The smallest absolute Gasteiger partial charge is 0.320 e. The monoisotopic (exact) mass is 201 g/mol. The lowest BCUT2D eigenvalue weighted by atomic mass is 10.2. The van der Waals surface area contributed by atoms with Crippen molar-refractivity contribution in [3.05, 3.63) is 18.2 Å². The van der Waals surface area contributed by atoms with Gasteiger partial charge in [-0.3, -0.25) is 4.79 Å². The highest BCUT2D eigenvalue weighted by Crippen LogP contribution is 1.95. The van der Waals surface area contributed by atoms with Crippen molar-refractivity contribution in [3.8, 4) is 0 Å². The first-order valence-corrected chi connectivity index (χ1v) is 4.18. The quantitative estimate of drug-likeness (QED) is 0.519. The van der Waals surface area contributed by atoms with Gasteiger partial charge in [0, 0.05) is 19.2 Å². The van der Waals surface area contributed by atoms with Gasteiger partial charge in [0.1, 0.15) is 6.04 Å². The van der Waals surface area contributed by atoms with Crippen molar-refractivity contribution < 1.29 is 15.0 Å². The van der Waals surface area contributed by atoms with Gasteiger partial charge in [0.25, 0.3) is 0 Å². The summed E-state index contributed by atoms with van der Waals surface area (Å²) in [5.74, 6) is -1.01. The molecule has 6 nitrogen and oxygen atoms in total. The number of nitrogens with one attached hydrogen (secondary N) is 1. The normalized spacial score (nSPS) is 11.4. The molecule has 0 aromatic carbocycles. The zero-order valence-electron chi connectivity index (χ0n) is 7.97. The van der Waals surface area contributed by atoms with Crippen LogP contribution in [0.5, 0.6) is 0 Å². The maximum Gasteiger partial charge on any atom is 0.320 e. The summed E-state index contributed by atoms with van der Waals surface area (Å²) in [4.78, 5) is 16.8. The van der Waals surface area contributed by atoms with E-state index in [4.69, 9.17) is 15.9 Å². The van der Waals surface area contributed by atoms with Crippen LogP contribution >= 0.6 is 0 Å². The minimum atomic E-state index is -1.01. The van der Waals surface area contributed by atoms with Crippen molar-refractivity contribution in [1.82, 2.24) is 9.97 Å². The van der Waals surface area contributed by atoms with Crippen LogP contribution in [0.3, 0.4) is 0 Å². The highest BCUT2D eigenvalue weighted by Gasteiger charge is 2.12. The Labute approximate surface area is 81.8 Å². The van der Waals surface area contributed by atoms with E-state index < -0.39 is 12.0 Å². The van der Waals surface area contributed by atoms with Gasteiger partial charge in [-0.05, 0) is 6.92 Å². The van der Waals surface area contributed by atoms with E-state index in [9.17, 15) is 4.79 Å². The third-order valence-electron chi connectivity index (χ3n) is 1.30. The molecule has 0 aliphatic rings. The number of aliphatic hydroxyl groups is 1. The van der Waals surface area contributed by atoms with E-state index in [1.54, 1.807) is 13.1 Å². The van der Waals surface area contributed by atoms with E-state index in [1.165, 1.54) is 6.33 Å². The van der Waals surface area contributed by atoms with Gasteiger partial charge in [-0.25, -0.2) is 4.98 Å². The summed E-state index contributed by atoms with van der Waals surface area (Å²) in [6.45, 7) is 1.93. The molecule has 0 saturated heterocycles. The van der Waals surface area contributed by atoms with Gasteiger partial charge in [-0.2, -0.15) is 0 Å². The molecule has 1 atom stereocenters. The Morgan fingerprint density at radius 2 is 2.36 bits per heavy atom. The summed E-state index contributed by atoms with van der Waals surface area (Å²) in [5, 5.41) is 16.0. The number of carboxylic acids is 1. The Bertz CT molecular complexity index is 248. The number of hydrogen-bond acceptors (Lipinski definition) is 4. The maximum atomic E-state index is 10.3. The molecule has 80 valence electrons. The van der Waals surface area contributed by atoms with Gasteiger partial charge in [0.2, 0.25) is 0 Å². The molecule has 1 aromatic rings. The Morgan fingerprint density at radius 3 is 2.71 bits per heavy atom. The van der Waals surface area contributed by atoms with Crippen molar-refractivity contribution in [1.29, 1.82) is 0 Å². The molecule has 0 aliphatic heterocycles. The van der Waals surface area contributed by atoms with E-state index in [0.717, 1.165) is 0 Å². The molecule has 1 aromatic heterocycles. The second kappa shape index (κ2) is 7.05. The van der Waals surface area contributed by atoms with Crippen LogP contribution in [0, 0.1) is 0 Å². The summed E-state index contributed by atoms with van der Waals surface area (Å²) in [6, 6.07) is -0.863. The maximum absolute atomic E-state index is 10.3. The number of nitrogens with two attached hydrogens (primary N) is 1. The standard InChI is InChI=1S/C6H9N3O2.C2H6O/c7-5(6(10)11)1-4-2-8-3-9-4;1-2-3/h2-3,5H,1,7H2,(H,8,9)(H,10,11);3H,2H2,1H3. The minimum Gasteiger partial charge on any atom is -0.480 e. The van der Waals surface area contributed by atoms with Gasteiger partial charge in [-0.1, -0.05) is 0 Å². The Kier molecular flexibility index (Phi) is 6.34. The van der Waals surface area contributed by atoms with Crippen LogP contribution in [0.15, 0.2) is 12.5 Å². The summed E-state index contributed by atoms with van der Waals surface area (Å²) in [7, 11) is 0. The largest absolute Gasteiger partial charge is 0.480 e. The first-order valence-electron chi connectivity index (χ1n) is 4.18. The fourth-order valence-corrected chi connectivity index (χ4v) is 0.715. The zero-order chi connectivity index (χ0) is 11.0. The van der Waals surface area contributed by atoms with Gasteiger partial charge < -0.3 is 20.9 Å². The number of H-pyrrole nitrogens is 1. The van der Waals surface area contributed by atoms with Crippen molar-refractivity contribution in [2.24, 2.45) is 5.73 Å². The number of nitrogens with zero attached hydrogens (tertiary/aromatic N) is 1. The molecule has 1 unspecified atom stereocenters. The van der Waals surface area contributed by atoms with Crippen LogP contribution in [0.1, 0.15) is 12.6 Å². The van der Waals surface area contributed by atoms with E-state index in [0.29, 0.717) is 5.69 Å². The van der Waals surface area contributed by atoms with E-state index >= 15 is 0 Å². The molecule has 0 spiro atoms. The van der Waals surface area contributed by atoms with Gasteiger partial charge in [-0.15, -0.1) is 0 Å². The fourth-order valence-electron chi connectivity index (χ4n) is 0.715. The van der Waals surface area contributed by atoms with Crippen LogP contribution in [0.4, 0.5) is 0 Å². The number of rotatable bonds is 3. The second-order valence-electron chi connectivity index (χ2n) is 2.53. The molecule has 0 amide bonds. The Morgan fingerprint density at radius 1 is 1.79 bits per heavy atom. The van der Waals surface area contributed by atoms with Crippen LogP contribution in [0.25, 0.3) is 0 Å². The van der Waals surface area contributed by atoms with Crippen LogP contribution < -0.4 is 5.73 Å². The summed E-state index contributed by atoms with van der Waals surface area (Å²) >= 11 is 0. The molecule has 0 radical (unpaired) electrons. The minimum absolute atomic E-state index is 0.250.